The van der Waals surface area contributed by atoms with Gasteiger partial charge in [-0.3, -0.25) is 9.59 Å². The first-order valence-electron chi connectivity index (χ1n) is 6.31. The number of hydrogen-bond acceptors (Lipinski definition) is 2. The molecular formula is C14H19BrN2O2. The van der Waals surface area contributed by atoms with Crippen LogP contribution >= 0.6 is 15.9 Å². The van der Waals surface area contributed by atoms with Gasteiger partial charge in [-0.1, -0.05) is 15.9 Å². The van der Waals surface area contributed by atoms with Gasteiger partial charge in [-0.15, -0.1) is 0 Å². The maximum absolute atomic E-state index is 11.8. The van der Waals surface area contributed by atoms with Crippen LogP contribution in [0.15, 0.2) is 22.7 Å². The molecule has 0 fully saturated rings. The predicted octanol–water partition coefficient (Wildman–Crippen LogP) is 2.95. The fraction of sp³-hybridized carbons (Fsp3) is 0.429. The van der Waals surface area contributed by atoms with Gasteiger partial charge in [-0.25, -0.2) is 0 Å². The number of rotatable bonds is 5. The molecule has 2 amide bonds. The van der Waals surface area contributed by atoms with Crippen molar-refractivity contribution in [1.82, 2.24) is 4.90 Å². The van der Waals surface area contributed by atoms with Gasteiger partial charge in [0.1, 0.15) is 6.42 Å². The van der Waals surface area contributed by atoms with Gasteiger partial charge in [0.05, 0.1) is 0 Å². The predicted molar refractivity (Wildman–Crippen MR) is 80.1 cm³/mol. The number of aryl methyl sites for hydroxylation is 1. The zero-order chi connectivity index (χ0) is 14.4. The van der Waals surface area contributed by atoms with E-state index in [1.54, 1.807) is 4.90 Å². The topological polar surface area (TPSA) is 49.4 Å². The Morgan fingerprint density at radius 1 is 1.26 bits per heavy atom. The fourth-order valence-electron chi connectivity index (χ4n) is 1.79. The number of carbonyl (C=O) groups excluding carboxylic acids is 2. The highest BCUT2D eigenvalue weighted by molar-refractivity contribution is 9.10. The largest absolute Gasteiger partial charge is 0.343 e. The van der Waals surface area contributed by atoms with E-state index in [0.29, 0.717) is 13.1 Å². The Bertz CT molecular complexity index is 471. The third-order valence-corrected chi connectivity index (χ3v) is 3.38. The van der Waals surface area contributed by atoms with Gasteiger partial charge < -0.3 is 10.2 Å². The second-order valence-corrected chi connectivity index (χ2v) is 5.17. The molecule has 4 nitrogen and oxygen atoms in total. The molecule has 0 aliphatic carbocycles. The van der Waals surface area contributed by atoms with Crippen LogP contribution < -0.4 is 5.32 Å². The molecule has 0 bridgehead atoms. The van der Waals surface area contributed by atoms with Crippen molar-refractivity contribution >= 4 is 33.4 Å². The number of benzene rings is 1. The summed E-state index contributed by atoms with van der Waals surface area (Å²) in [5, 5.41) is 2.76. The van der Waals surface area contributed by atoms with Crippen LogP contribution in [0.1, 0.15) is 25.8 Å². The van der Waals surface area contributed by atoms with E-state index in [1.165, 1.54) is 0 Å². The van der Waals surface area contributed by atoms with Crippen molar-refractivity contribution in [3.63, 3.8) is 0 Å². The molecule has 0 aliphatic rings. The normalized spacial score (nSPS) is 10.1. The molecule has 0 saturated carbocycles. The lowest BCUT2D eigenvalue weighted by atomic mass is 10.2. The molecule has 0 saturated heterocycles. The summed E-state index contributed by atoms with van der Waals surface area (Å²) in [7, 11) is 0. The number of halogens is 1. The van der Waals surface area contributed by atoms with Crippen molar-refractivity contribution in [2.45, 2.75) is 27.2 Å². The van der Waals surface area contributed by atoms with E-state index in [9.17, 15) is 9.59 Å². The van der Waals surface area contributed by atoms with Gasteiger partial charge in [0, 0.05) is 23.2 Å². The molecule has 0 unspecified atom stereocenters. The van der Waals surface area contributed by atoms with E-state index in [2.05, 4.69) is 21.2 Å². The van der Waals surface area contributed by atoms with Crippen molar-refractivity contribution in [3.8, 4) is 0 Å². The van der Waals surface area contributed by atoms with E-state index in [1.807, 2.05) is 39.0 Å². The summed E-state index contributed by atoms with van der Waals surface area (Å²) < 4.78 is 0.960. The van der Waals surface area contributed by atoms with Gasteiger partial charge in [-0.05, 0) is 44.5 Å². The molecule has 104 valence electrons. The van der Waals surface area contributed by atoms with Crippen molar-refractivity contribution in [2.24, 2.45) is 0 Å². The first-order chi connectivity index (χ1) is 8.97. The lowest BCUT2D eigenvalue weighted by molar-refractivity contribution is -0.134. The summed E-state index contributed by atoms with van der Waals surface area (Å²) in [5.74, 6) is -0.417. The van der Waals surface area contributed by atoms with Gasteiger partial charge in [0.2, 0.25) is 11.8 Å². The van der Waals surface area contributed by atoms with Crippen LogP contribution in [0.3, 0.4) is 0 Å². The fourth-order valence-corrected chi connectivity index (χ4v) is 2.26. The van der Waals surface area contributed by atoms with Crippen molar-refractivity contribution < 1.29 is 9.59 Å². The first-order valence-corrected chi connectivity index (χ1v) is 7.11. The van der Waals surface area contributed by atoms with Crippen molar-refractivity contribution in [1.29, 1.82) is 0 Å². The van der Waals surface area contributed by atoms with Crippen LogP contribution in [-0.2, 0) is 9.59 Å². The van der Waals surface area contributed by atoms with E-state index in [0.717, 1.165) is 15.7 Å². The van der Waals surface area contributed by atoms with Gasteiger partial charge in [0.25, 0.3) is 0 Å². The summed E-state index contributed by atoms with van der Waals surface area (Å²) in [6.45, 7) is 6.96. The molecule has 0 atom stereocenters. The number of nitrogens with zero attached hydrogens (tertiary/aromatic N) is 1. The number of hydrogen-bond donors (Lipinski definition) is 1. The molecule has 0 spiro atoms. The molecule has 1 aromatic rings. The minimum Gasteiger partial charge on any atom is -0.343 e. The van der Waals surface area contributed by atoms with E-state index >= 15 is 0 Å². The monoisotopic (exact) mass is 326 g/mol. The molecule has 0 aliphatic heterocycles. The number of nitrogens with one attached hydrogen (secondary N) is 1. The second-order valence-electron chi connectivity index (χ2n) is 4.25. The standard InChI is InChI=1S/C14H19BrN2O2/c1-4-17(5-2)14(19)9-13(18)16-12-7-6-11(15)8-10(12)3/h6-8H,4-5,9H2,1-3H3,(H,16,18). The lowest BCUT2D eigenvalue weighted by Crippen LogP contribution is -2.33. The Balaban J connectivity index is 2.63. The third-order valence-electron chi connectivity index (χ3n) is 2.89. The Hall–Kier alpha value is -1.36. The molecular weight excluding hydrogens is 308 g/mol. The Morgan fingerprint density at radius 2 is 1.89 bits per heavy atom. The molecule has 1 rings (SSSR count). The van der Waals surface area contributed by atoms with Crippen LogP contribution in [0.4, 0.5) is 5.69 Å². The highest BCUT2D eigenvalue weighted by Gasteiger charge is 2.15. The SMILES string of the molecule is CCN(CC)C(=O)CC(=O)Nc1ccc(Br)cc1C. The van der Waals surface area contributed by atoms with E-state index in [-0.39, 0.29) is 18.2 Å². The second kappa shape index (κ2) is 7.28. The molecule has 0 heterocycles. The van der Waals surface area contributed by atoms with Crippen molar-refractivity contribution in [2.75, 3.05) is 18.4 Å². The molecule has 1 aromatic carbocycles. The zero-order valence-electron chi connectivity index (χ0n) is 11.5. The summed E-state index contributed by atoms with van der Waals surface area (Å²) in [6.07, 6.45) is -0.114. The summed E-state index contributed by atoms with van der Waals surface area (Å²) >= 11 is 3.37. The minimum atomic E-state index is -0.276. The highest BCUT2D eigenvalue weighted by atomic mass is 79.9. The Labute approximate surface area is 122 Å². The van der Waals surface area contributed by atoms with Crippen LogP contribution in [0.5, 0.6) is 0 Å². The third kappa shape index (κ3) is 4.67. The van der Waals surface area contributed by atoms with Crippen LogP contribution in [0, 0.1) is 6.92 Å². The molecule has 19 heavy (non-hydrogen) atoms. The van der Waals surface area contributed by atoms with E-state index in [4.69, 9.17) is 0 Å². The average Bonchev–Trinajstić information content (AvgIpc) is 2.34. The number of anilines is 1. The number of carbonyl (C=O) groups is 2. The highest BCUT2D eigenvalue weighted by Crippen LogP contribution is 2.20. The summed E-state index contributed by atoms with van der Waals surface area (Å²) in [5.41, 5.74) is 1.69. The quantitative estimate of drug-likeness (QED) is 0.846. The average molecular weight is 327 g/mol. The maximum atomic E-state index is 11.8. The molecule has 5 heteroatoms. The zero-order valence-corrected chi connectivity index (χ0v) is 13.1. The van der Waals surface area contributed by atoms with Crippen molar-refractivity contribution in [3.05, 3.63) is 28.2 Å². The summed E-state index contributed by atoms with van der Waals surface area (Å²) in [4.78, 5) is 25.3. The van der Waals surface area contributed by atoms with Gasteiger partial charge >= 0.3 is 0 Å². The van der Waals surface area contributed by atoms with Crippen LogP contribution in [-0.4, -0.2) is 29.8 Å². The summed E-state index contributed by atoms with van der Waals surface area (Å²) in [6, 6.07) is 5.59. The van der Waals surface area contributed by atoms with Crippen LogP contribution in [0.2, 0.25) is 0 Å². The lowest BCUT2D eigenvalue weighted by Gasteiger charge is -2.18. The van der Waals surface area contributed by atoms with Gasteiger partial charge in [0.15, 0.2) is 0 Å². The minimum absolute atomic E-state index is 0.114. The smallest absolute Gasteiger partial charge is 0.233 e. The molecule has 0 aromatic heterocycles. The number of amides is 2. The van der Waals surface area contributed by atoms with Crippen LogP contribution in [0.25, 0.3) is 0 Å². The Kier molecular flexibility index (Phi) is 6.02. The maximum Gasteiger partial charge on any atom is 0.233 e. The first kappa shape index (κ1) is 15.7. The Morgan fingerprint density at radius 3 is 2.42 bits per heavy atom. The van der Waals surface area contributed by atoms with Gasteiger partial charge in [-0.2, -0.15) is 0 Å². The molecule has 0 radical (unpaired) electrons. The molecule has 1 N–H and O–H groups in total. The van der Waals surface area contributed by atoms with E-state index < -0.39 is 0 Å².